The Kier molecular flexibility index (Phi) is 8.64. The molecule has 1 aliphatic rings. The summed E-state index contributed by atoms with van der Waals surface area (Å²) < 4.78 is 10.6. The van der Waals surface area contributed by atoms with Crippen LogP contribution in [0, 0.1) is 5.92 Å². The molecule has 20 heavy (non-hydrogen) atoms. The van der Waals surface area contributed by atoms with Crippen molar-refractivity contribution in [1.29, 1.82) is 0 Å². The SMILES string of the molecule is CCN(CC(O)COC(C)COC)C1CCCC1CN. The summed E-state index contributed by atoms with van der Waals surface area (Å²) in [6, 6.07) is 0.524. The average Bonchev–Trinajstić information content (AvgIpc) is 2.91. The van der Waals surface area contributed by atoms with E-state index in [1.54, 1.807) is 7.11 Å². The summed E-state index contributed by atoms with van der Waals surface area (Å²) >= 11 is 0. The van der Waals surface area contributed by atoms with Crippen molar-refractivity contribution < 1.29 is 14.6 Å². The van der Waals surface area contributed by atoms with Crippen molar-refractivity contribution in [2.24, 2.45) is 11.7 Å². The number of methoxy groups -OCH3 is 1. The zero-order chi connectivity index (χ0) is 15.0. The lowest BCUT2D eigenvalue weighted by Gasteiger charge is -2.33. The number of nitrogens with two attached hydrogens (primary N) is 1. The number of ether oxygens (including phenoxy) is 2. The quantitative estimate of drug-likeness (QED) is 0.624. The molecular weight excluding hydrogens is 256 g/mol. The van der Waals surface area contributed by atoms with Crippen LogP contribution in [0.1, 0.15) is 33.1 Å². The summed E-state index contributed by atoms with van der Waals surface area (Å²) in [6.07, 6.45) is 3.24. The van der Waals surface area contributed by atoms with E-state index in [2.05, 4.69) is 11.8 Å². The lowest BCUT2D eigenvalue weighted by molar-refractivity contribution is -0.0436. The van der Waals surface area contributed by atoms with E-state index in [0.29, 0.717) is 31.7 Å². The first kappa shape index (κ1) is 17.9. The highest BCUT2D eigenvalue weighted by Crippen LogP contribution is 2.29. The molecule has 0 amide bonds. The molecule has 4 unspecified atom stereocenters. The summed E-state index contributed by atoms with van der Waals surface area (Å²) in [5.74, 6) is 0.579. The Morgan fingerprint density at radius 3 is 2.70 bits per heavy atom. The van der Waals surface area contributed by atoms with Crippen molar-refractivity contribution in [3.05, 3.63) is 0 Å². The van der Waals surface area contributed by atoms with Crippen molar-refractivity contribution in [2.45, 2.75) is 51.4 Å². The zero-order valence-electron chi connectivity index (χ0n) is 13.3. The van der Waals surface area contributed by atoms with Crippen LogP contribution in [0.3, 0.4) is 0 Å². The number of aliphatic hydroxyl groups is 1. The Balaban J connectivity index is 2.35. The Bertz CT molecular complexity index is 253. The third kappa shape index (κ3) is 5.66. The largest absolute Gasteiger partial charge is 0.389 e. The van der Waals surface area contributed by atoms with Crippen molar-refractivity contribution in [3.8, 4) is 0 Å². The first-order valence-electron chi connectivity index (χ1n) is 7.85. The fraction of sp³-hybridized carbons (Fsp3) is 1.00. The number of aliphatic hydroxyl groups excluding tert-OH is 1. The molecule has 1 fully saturated rings. The molecule has 0 aliphatic heterocycles. The number of hydrogen-bond acceptors (Lipinski definition) is 5. The second-order valence-corrected chi connectivity index (χ2v) is 5.83. The summed E-state index contributed by atoms with van der Waals surface area (Å²) in [5, 5.41) is 10.1. The third-order valence-electron chi connectivity index (χ3n) is 4.22. The van der Waals surface area contributed by atoms with Crippen LogP contribution < -0.4 is 5.73 Å². The minimum absolute atomic E-state index is 0.0213. The highest BCUT2D eigenvalue weighted by atomic mass is 16.5. The zero-order valence-corrected chi connectivity index (χ0v) is 13.3. The molecule has 1 saturated carbocycles. The predicted molar refractivity (Wildman–Crippen MR) is 80.7 cm³/mol. The van der Waals surface area contributed by atoms with Crippen LogP contribution in [0.5, 0.6) is 0 Å². The fourth-order valence-corrected chi connectivity index (χ4v) is 3.15. The van der Waals surface area contributed by atoms with Crippen LogP contribution in [-0.4, -0.2) is 68.2 Å². The van der Waals surface area contributed by atoms with Gasteiger partial charge in [-0.3, -0.25) is 4.90 Å². The molecule has 5 heteroatoms. The molecule has 0 radical (unpaired) electrons. The first-order chi connectivity index (χ1) is 9.62. The summed E-state index contributed by atoms with van der Waals surface area (Å²) in [7, 11) is 1.65. The van der Waals surface area contributed by atoms with Gasteiger partial charge in [-0.1, -0.05) is 13.3 Å². The third-order valence-corrected chi connectivity index (χ3v) is 4.22. The van der Waals surface area contributed by atoms with E-state index in [1.165, 1.54) is 19.3 Å². The molecular formula is C15H32N2O3. The maximum absolute atomic E-state index is 10.1. The van der Waals surface area contributed by atoms with Gasteiger partial charge >= 0.3 is 0 Å². The average molecular weight is 288 g/mol. The van der Waals surface area contributed by atoms with Crippen LogP contribution in [0.4, 0.5) is 0 Å². The Morgan fingerprint density at radius 1 is 1.35 bits per heavy atom. The summed E-state index contributed by atoms with van der Waals surface area (Å²) in [4.78, 5) is 2.36. The molecule has 0 aromatic rings. The monoisotopic (exact) mass is 288 g/mol. The smallest absolute Gasteiger partial charge is 0.0900 e. The van der Waals surface area contributed by atoms with Crippen molar-refractivity contribution in [1.82, 2.24) is 4.90 Å². The van der Waals surface area contributed by atoms with Gasteiger partial charge in [0.2, 0.25) is 0 Å². The maximum Gasteiger partial charge on any atom is 0.0900 e. The Morgan fingerprint density at radius 2 is 2.10 bits per heavy atom. The van der Waals surface area contributed by atoms with Crippen LogP contribution in [0.15, 0.2) is 0 Å². The summed E-state index contributed by atoms with van der Waals surface area (Å²) in [6.45, 7) is 7.38. The van der Waals surface area contributed by atoms with Gasteiger partial charge in [0.15, 0.2) is 0 Å². The van der Waals surface area contributed by atoms with Crippen LogP contribution in [0.2, 0.25) is 0 Å². The highest BCUT2D eigenvalue weighted by molar-refractivity contribution is 4.86. The number of hydrogen-bond donors (Lipinski definition) is 2. The Labute approximate surface area is 123 Å². The van der Waals surface area contributed by atoms with Crippen LogP contribution >= 0.6 is 0 Å². The second kappa shape index (κ2) is 9.68. The highest BCUT2D eigenvalue weighted by Gasteiger charge is 2.31. The normalized spacial score (nSPS) is 26.1. The van der Waals surface area contributed by atoms with E-state index >= 15 is 0 Å². The Hall–Kier alpha value is -0.200. The van der Waals surface area contributed by atoms with Crippen molar-refractivity contribution in [3.63, 3.8) is 0 Å². The molecule has 5 nitrogen and oxygen atoms in total. The van der Waals surface area contributed by atoms with E-state index in [1.807, 2.05) is 6.92 Å². The van der Waals surface area contributed by atoms with Gasteiger partial charge in [0, 0.05) is 19.7 Å². The van der Waals surface area contributed by atoms with Gasteiger partial charge in [-0.05, 0) is 38.8 Å². The summed E-state index contributed by atoms with van der Waals surface area (Å²) in [5.41, 5.74) is 5.85. The predicted octanol–water partition coefficient (Wildman–Crippen LogP) is 0.848. The maximum atomic E-state index is 10.1. The molecule has 120 valence electrons. The molecule has 3 N–H and O–H groups in total. The van der Waals surface area contributed by atoms with Gasteiger partial charge in [-0.2, -0.15) is 0 Å². The first-order valence-corrected chi connectivity index (χ1v) is 7.85. The lowest BCUT2D eigenvalue weighted by Crippen LogP contribution is -2.45. The lowest BCUT2D eigenvalue weighted by atomic mass is 10.0. The van der Waals surface area contributed by atoms with Crippen LogP contribution in [0.25, 0.3) is 0 Å². The molecule has 4 atom stereocenters. The van der Waals surface area contributed by atoms with E-state index in [4.69, 9.17) is 15.2 Å². The number of nitrogens with zero attached hydrogens (tertiary/aromatic N) is 1. The molecule has 0 heterocycles. The van der Waals surface area contributed by atoms with Crippen molar-refractivity contribution >= 4 is 0 Å². The van der Waals surface area contributed by atoms with Gasteiger partial charge in [0.1, 0.15) is 0 Å². The van der Waals surface area contributed by atoms with Gasteiger partial charge in [0.05, 0.1) is 25.4 Å². The van der Waals surface area contributed by atoms with Gasteiger partial charge < -0.3 is 20.3 Å². The van der Waals surface area contributed by atoms with Crippen molar-refractivity contribution in [2.75, 3.05) is 40.0 Å². The van der Waals surface area contributed by atoms with E-state index in [9.17, 15) is 5.11 Å². The molecule has 1 aliphatic carbocycles. The number of rotatable bonds is 10. The minimum atomic E-state index is -0.451. The molecule has 0 bridgehead atoms. The topological polar surface area (TPSA) is 68.0 Å². The van der Waals surface area contributed by atoms with Crippen LogP contribution in [-0.2, 0) is 9.47 Å². The van der Waals surface area contributed by atoms with E-state index < -0.39 is 6.10 Å². The van der Waals surface area contributed by atoms with E-state index in [0.717, 1.165) is 13.1 Å². The van der Waals surface area contributed by atoms with Gasteiger partial charge in [-0.25, -0.2) is 0 Å². The molecule has 1 rings (SSSR count). The minimum Gasteiger partial charge on any atom is -0.389 e. The van der Waals surface area contributed by atoms with Gasteiger partial charge in [-0.15, -0.1) is 0 Å². The molecule has 0 aromatic carbocycles. The molecule has 0 aromatic heterocycles. The molecule has 0 saturated heterocycles. The fourth-order valence-electron chi connectivity index (χ4n) is 3.15. The van der Waals surface area contributed by atoms with Gasteiger partial charge in [0.25, 0.3) is 0 Å². The second-order valence-electron chi connectivity index (χ2n) is 5.83. The number of likely N-dealkylation sites (N-methyl/N-ethyl adjacent to an activating group) is 1. The van der Waals surface area contributed by atoms with E-state index in [-0.39, 0.29) is 6.10 Å². The standard InChI is InChI=1S/C15H32N2O3/c1-4-17(15-7-5-6-13(15)8-16)9-14(18)11-20-12(2)10-19-3/h12-15,18H,4-11,16H2,1-3H3. The molecule has 0 spiro atoms.